The van der Waals surface area contributed by atoms with E-state index in [0.717, 1.165) is 22.6 Å². The zero-order valence-electron chi connectivity index (χ0n) is 12.6. The fourth-order valence-electron chi connectivity index (χ4n) is 2.04. The minimum Gasteiger partial charge on any atom is -0.296 e. The number of aromatic nitrogens is 3. The van der Waals surface area contributed by atoms with E-state index in [1.807, 2.05) is 0 Å². The molecule has 0 unspecified atom stereocenters. The molecule has 0 saturated heterocycles. The molecule has 0 atom stereocenters. The summed E-state index contributed by atoms with van der Waals surface area (Å²) >= 11 is 1.25. The van der Waals surface area contributed by atoms with Crippen molar-refractivity contribution in [3.63, 3.8) is 0 Å². The first-order valence-corrected chi connectivity index (χ1v) is 7.91. The molecule has 9 heteroatoms. The van der Waals surface area contributed by atoms with Crippen molar-refractivity contribution in [3.8, 4) is 0 Å². The Balaban J connectivity index is 1.65. The van der Waals surface area contributed by atoms with E-state index in [9.17, 15) is 18.0 Å². The molecule has 128 valence electrons. The summed E-state index contributed by atoms with van der Waals surface area (Å²) in [7, 11) is 0. The monoisotopic (exact) mass is 364 g/mol. The SMILES string of the molecule is O=C(Nc1ncc(Cc2ccc(C(F)(F)F)cc2)s1)c1cnccn1. The van der Waals surface area contributed by atoms with Crippen molar-refractivity contribution in [2.24, 2.45) is 0 Å². The highest BCUT2D eigenvalue weighted by molar-refractivity contribution is 7.15. The van der Waals surface area contributed by atoms with Gasteiger partial charge in [-0.1, -0.05) is 12.1 Å². The average molecular weight is 364 g/mol. The molecule has 0 aliphatic heterocycles. The third-order valence-electron chi connectivity index (χ3n) is 3.23. The molecule has 1 N–H and O–H groups in total. The molecule has 0 spiro atoms. The molecule has 0 aliphatic rings. The summed E-state index contributed by atoms with van der Waals surface area (Å²) in [5.41, 5.74) is 0.211. The van der Waals surface area contributed by atoms with Crippen LogP contribution in [0.15, 0.2) is 49.1 Å². The highest BCUT2D eigenvalue weighted by atomic mass is 32.1. The van der Waals surface area contributed by atoms with Gasteiger partial charge in [-0.05, 0) is 17.7 Å². The fourth-order valence-corrected chi connectivity index (χ4v) is 2.88. The Morgan fingerprint density at radius 2 is 1.84 bits per heavy atom. The highest BCUT2D eigenvalue weighted by Gasteiger charge is 2.29. The fraction of sp³-hybridized carbons (Fsp3) is 0.125. The molecule has 2 heterocycles. The Morgan fingerprint density at radius 1 is 1.08 bits per heavy atom. The maximum absolute atomic E-state index is 12.6. The number of halogens is 3. The summed E-state index contributed by atoms with van der Waals surface area (Å²) in [5.74, 6) is -0.427. The summed E-state index contributed by atoms with van der Waals surface area (Å²) in [6.45, 7) is 0. The number of nitrogens with one attached hydrogen (secondary N) is 1. The number of anilines is 1. The van der Waals surface area contributed by atoms with Crippen molar-refractivity contribution >= 4 is 22.4 Å². The van der Waals surface area contributed by atoms with Crippen molar-refractivity contribution < 1.29 is 18.0 Å². The molecule has 5 nitrogen and oxygen atoms in total. The van der Waals surface area contributed by atoms with Gasteiger partial charge < -0.3 is 0 Å². The molecular formula is C16H11F3N4OS. The highest BCUT2D eigenvalue weighted by Crippen LogP contribution is 2.29. The van der Waals surface area contributed by atoms with E-state index in [4.69, 9.17) is 0 Å². The molecule has 0 bridgehead atoms. The van der Waals surface area contributed by atoms with Gasteiger partial charge in [-0.25, -0.2) is 9.97 Å². The van der Waals surface area contributed by atoms with Gasteiger partial charge in [-0.3, -0.25) is 15.1 Å². The normalized spacial score (nSPS) is 11.3. The summed E-state index contributed by atoms with van der Waals surface area (Å²) in [4.78, 5) is 24.6. The van der Waals surface area contributed by atoms with Crippen LogP contribution in [0.4, 0.5) is 18.3 Å². The van der Waals surface area contributed by atoms with Crippen LogP contribution in [0.5, 0.6) is 0 Å². The summed E-state index contributed by atoms with van der Waals surface area (Å²) in [6, 6.07) is 4.96. The molecule has 0 saturated carbocycles. The second kappa shape index (κ2) is 6.98. The average Bonchev–Trinajstić information content (AvgIpc) is 3.02. The molecule has 3 rings (SSSR count). The van der Waals surface area contributed by atoms with Crippen LogP contribution in [0.2, 0.25) is 0 Å². The number of thiazole rings is 1. The van der Waals surface area contributed by atoms with Crippen LogP contribution in [-0.2, 0) is 12.6 Å². The maximum atomic E-state index is 12.6. The van der Waals surface area contributed by atoms with Crippen molar-refractivity contribution in [2.75, 3.05) is 5.32 Å². The minimum absolute atomic E-state index is 0.169. The third-order valence-corrected chi connectivity index (χ3v) is 4.14. The quantitative estimate of drug-likeness (QED) is 0.765. The van der Waals surface area contributed by atoms with Crippen molar-refractivity contribution in [2.45, 2.75) is 12.6 Å². The first-order valence-electron chi connectivity index (χ1n) is 7.10. The van der Waals surface area contributed by atoms with Gasteiger partial charge in [0.2, 0.25) is 0 Å². The number of hydrogen-bond acceptors (Lipinski definition) is 5. The number of carbonyl (C=O) groups excluding carboxylic acids is 1. The third kappa shape index (κ3) is 4.38. The van der Waals surface area contributed by atoms with Crippen LogP contribution in [-0.4, -0.2) is 20.9 Å². The number of rotatable bonds is 4. The van der Waals surface area contributed by atoms with Gasteiger partial charge in [0.1, 0.15) is 5.69 Å². The molecule has 1 amide bonds. The number of nitrogens with zero attached hydrogens (tertiary/aromatic N) is 3. The predicted octanol–water partition coefficient (Wildman–Crippen LogP) is 3.80. The molecule has 0 radical (unpaired) electrons. The van der Waals surface area contributed by atoms with Crippen molar-refractivity contribution in [1.29, 1.82) is 0 Å². The van der Waals surface area contributed by atoms with Crippen molar-refractivity contribution in [3.05, 3.63) is 70.8 Å². The van der Waals surface area contributed by atoms with Gasteiger partial charge in [0.25, 0.3) is 5.91 Å². The molecule has 25 heavy (non-hydrogen) atoms. The molecule has 2 aromatic heterocycles. The zero-order valence-corrected chi connectivity index (χ0v) is 13.4. The van der Waals surface area contributed by atoms with E-state index in [-0.39, 0.29) is 5.69 Å². The molecular weight excluding hydrogens is 353 g/mol. The molecule has 0 aliphatic carbocycles. The van der Waals surface area contributed by atoms with E-state index < -0.39 is 17.6 Å². The van der Waals surface area contributed by atoms with Gasteiger partial charge in [0.15, 0.2) is 5.13 Å². The second-order valence-corrected chi connectivity index (χ2v) is 6.16. The Morgan fingerprint density at radius 3 is 2.48 bits per heavy atom. The second-order valence-electron chi connectivity index (χ2n) is 5.05. The van der Waals surface area contributed by atoms with Crippen LogP contribution in [0, 0.1) is 0 Å². The van der Waals surface area contributed by atoms with Crippen molar-refractivity contribution in [1.82, 2.24) is 15.0 Å². The molecule has 1 aromatic carbocycles. The van der Waals surface area contributed by atoms with Crippen LogP contribution < -0.4 is 5.32 Å². The smallest absolute Gasteiger partial charge is 0.296 e. The molecule has 3 aromatic rings. The first kappa shape index (κ1) is 17.0. The van der Waals surface area contributed by atoms with E-state index in [2.05, 4.69) is 20.3 Å². The maximum Gasteiger partial charge on any atom is 0.416 e. The number of benzene rings is 1. The lowest BCUT2D eigenvalue weighted by atomic mass is 10.1. The predicted molar refractivity (Wildman–Crippen MR) is 86.3 cm³/mol. The lowest BCUT2D eigenvalue weighted by molar-refractivity contribution is -0.137. The number of amides is 1. The van der Waals surface area contributed by atoms with Crippen LogP contribution in [0.1, 0.15) is 26.5 Å². The van der Waals surface area contributed by atoms with Crippen LogP contribution in [0.3, 0.4) is 0 Å². The topological polar surface area (TPSA) is 67.8 Å². The largest absolute Gasteiger partial charge is 0.416 e. The Kier molecular flexibility index (Phi) is 4.75. The Labute approximate surface area is 144 Å². The van der Waals surface area contributed by atoms with Crippen LogP contribution >= 0.6 is 11.3 Å². The zero-order chi connectivity index (χ0) is 17.9. The van der Waals surface area contributed by atoms with E-state index in [0.29, 0.717) is 11.6 Å². The van der Waals surface area contributed by atoms with Gasteiger partial charge in [0.05, 0.1) is 11.8 Å². The van der Waals surface area contributed by atoms with Gasteiger partial charge in [-0.15, -0.1) is 11.3 Å². The standard InChI is InChI=1S/C16H11F3N4OS/c17-16(18,19)11-3-1-10(2-4-11)7-12-8-22-15(25-12)23-14(24)13-9-20-5-6-21-13/h1-6,8-9H,7H2,(H,22,23,24). The van der Waals surface area contributed by atoms with Crippen LogP contribution in [0.25, 0.3) is 0 Å². The lowest BCUT2D eigenvalue weighted by Crippen LogP contribution is -2.13. The lowest BCUT2D eigenvalue weighted by Gasteiger charge is -2.06. The van der Waals surface area contributed by atoms with Gasteiger partial charge in [0, 0.05) is 29.9 Å². The Hall–Kier alpha value is -2.81. The Bertz CT molecular complexity index is 863. The summed E-state index contributed by atoms with van der Waals surface area (Å²) < 4.78 is 37.7. The summed E-state index contributed by atoms with van der Waals surface area (Å²) in [6.07, 6.45) is 1.87. The number of alkyl halides is 3. The number of carbonyl (C=O) groups is 1. The van der Waals surface area contributed by atoms with Gasteiger partial charge >= 0.3 is 6.18 Å². The van der Waals surface area contributed by atoms with E-state index >= 15 is 0 Å². The van der Waals surface area contributed by atoms with E-state index in [1.54, 1.807) is 6.20 Å². The number of hydrogen-bond donors (Lipinski definition) is 1. The summed E-state index contributed by atoms with van der Waals surface area (Å²) in [5, 5.41) is 3.00. The van der Waals surface area contributed by atoms with E-state index in [1.165, 1.54) is 42.1 Å². The minimum atomic E-state index is -4.35. The van der Waals surface area contributed by atoms with Gasteiger partial charge in [-0.2, -0.15) is 13.2 Å². The first-order chi connectivity index (χ1) is 11.9. The molecule has 0 fully saturated rings.